The topological polar surface area (TPSA) is 60.9 Å². The molecular weight excluding hydrogens is 208 g/mol. The van der Waals surface area contributed by atoms with Crippen LogP contribution >= 0.6 is 0 Å². The van der Waals surface area contributed by atoms with Crippen LogP contribution in [0.5, 0.6) is 0 Å². The minimum atomic E-state index is -1.01. The van der Waals surface area contributed by atoms with Crippen molar-refractivity contribution in [2.75, 3.05) is 26.7 Å². The molecule has 0 aromatic rings. The molecule has 0 bridgehead atoms. The second-order valence-corrected chi connectivity index (χ2v) is 4.29. The van der Waals surface area contributed by atoms with Crippen molar-refractivity contribution < 1.29 is 14.7 Å². The highest BCUT2D eigenvalue weighted by molar-refractivity contribution is 5.81. The summed E-state index contributed by atoms with van der Waals surface area (Å²) in [5.74, 6) is -0.972. The Morgan fingerprint density at radius 3 is 2.00 bits per heavy atom. The van der Waals surface area contributed by atoms with E-state index in [0.717, 1.165) is 0 Å². The standard InChI is InChI=1S/C11H22N2O3/c1-6-12(5)9(14)8-13(7-2)11(3,4)10(15)16/h6-8H2,1-5H3,(H,15,16). The van der Waals surface area contributed by atoms with Gasteiger partial charge in [0.1, 0.15) is 5.54 Å². The zero-order valence-electron chi connectivity index (χ0n) is 10.8. The summed E-state index contributed by atoms with van der Waals surface area (Å²) in [5, 5.41) is 9.08. The Hall–Kier alpha value is -1.10. The minimum absolute atomic E-state index is 0.0568. The van der Waals surface area contributed by atoms with Crippen LogP contribution in [0.25, 0.3) is 0 Å². The van der Waals surface area contributed by atoms with Crippen molar-refractivity contribution in [3.05, 3.63) is 0 Å². The molecule has 0 aromatic heterocycles. The van der Waals surface area contributed by atoms with E-state index in [2.05, 4.69) is 0 Å². The molecule has 0 unspecified atom stereocenters. The first kappa shape index (κ1) is 14.9. The van der Waals surface area contributed by atoms with Gasteiger partial charge in [-0.15, -0.1) is 0 Å². The predicted octanol–water partition coefficient (Wildman–Crippen LogP) is 0.650. The van der Waals surface area contributed by atoms with E-state index in [-0.39, 0.29) is 12.5 Å². The van der Waals surface area contributed by atoms with Gasteiger partial charge >= 0.3 is 5.97 Å². The fourth-order valence-electron chi connectivity index (χ4n) is 1.30. The van der Waals surface area contributed by atoms with Crippen molar-refractivity contribution in [3.8, 4) is 0 Å². The maximum Gasteiger partial charge on any atom is 0.323 e. The SMILES string of the molecule is CCN(C)C(=O)CN(CC)C(C)(C)C(=O)O. The Kier molecular flexibility index (Phi) is 5.44. The molecule has 0 rings (SSSR count). The maximum absolute atomic E-state index is 11.7. The number of amides is 1. The normalized spacial score (nSPS) is 11.6. The number of hydrogen-bond acceptors (Lipinski definition) is 3. The lowest BCUT2D eigenvalue weighted by atomic mass is 10.0. The van der Waals surface area contributed by atoms with Crippen LogP contribution in [-0.2, 0) is 9.59 Å². The van der Waals surface area contributed by atoms with Crippen molar-refractivity contribution in [2.24, 2.45) is 0 Å². The number of carboxylic acids is 1. The summed E-state index contributed by atoms with van der Waals surface area (Å²) in [6.07, 6.45) is 0. The molecule has 0 spiro atoms. The van der Waals surface area contributed by atoms with Crippen molar-refractivity contribution in [1.82, 2.24) is 9.80 Å². The van der Waals surface area contributed by atoms with Gasteiger partial charge in [0.05, 0.1) is 6.54 Å². The van der Waals surface area contributed by atoms with Crippen molar-refractivity contribution in [1.29, 1.82) is 0 Å². The summed E-state index contributed by atoms with van der Waals surface area (Å²) in [7, 11) is 1.71. The third-order valence-corrected chi connectivity index (χ3v) is 2.92. The van der Waals surface area contributed by atoms with Gasteiger partial charge in [0, 0.05) is 13.6 Å². The van der Waals surface area contributed by atoms with Crippen LogP contribution in [0.2, 0.25) is 0 Å². The smallest absolute Gasteiger partial charge is 0.323 e. The molecule has 5 heteroatoms. The molecule has 0 aliphatic heterocycles. The van der Waals surface area contributed by atoms with E-state index in [9.17, 15) is 9.59 Å². The first-order valence-corrected chi connectivity index (χ1v) is 5.49. The molecule has 0 fully saturated rings. The van der Waals surface area contributed by atoms with E-state index >= 15 is 0 Å². The Morgan fingerprint density at radius 1 is 1.19 bits per heavy atom. The fourth-order valence-corrected chi connectivity index (χ4v) is 1.30. The summed E-state index contributed by atoms with van der Waals surface area (Å²) in [6, 6.07) is 0. The van der Waals surface area contributed by atoms with Crippen molar-refractivity contribution in [3.63, 3.8) is 0 Å². The number of nitrogens with zero attached hydrogens (tertiary/aromatic N) is 2. The Bertz CT molecular complexity index is 264. The molecule has 16 heavy (non-hydrogen) atoms. The highest BCUT2D eigenvalue weighted by Gasteiger charge is 2.34. The lowest BCUT2D eigenvalue weighted by Gasteiger charge is -2.34. The minimum Gasteiger partial charge on any atom is -0.480 e. The van der Waals surface area contributed by atoms with Crippen LogP contribution in [0.1, 0.15) is 27.7 Å². The molecule has 1 N–H and O–H groups in total. The summed E-state index contributed by atoms with van der Waals surface area (Å²) >= 11 is 0. The second kappa shape index (κ2) is 5.84. The van der Waals surface area contributed by atoms with E-state index < -0.39 is 11.5 Å². The first-order valence-electron chi connectivity index (χ1n) is 5.49. The average molecular weight is 230 g/mol. The summed E-state index contributed by atoms with van der Waals surface area (Å²) in [6.45, 7) is 8.25. The molecule has 0 aliphatic rings. The monoisotopic (exact) mass is 230 g/mol. The van der Waals surface area contributed by atoms with E-state index in [0.29, 0.717) is 13.1 Å². The van der Waals surface area contributed by atoms with Gasteiger partial charge in [-0.1, -0.05) is 6.92 Å². The molecule has 1 amide bonds. The number of carbonyl (C=O) groups is 2. The summed E-state index contributed by atoms with van der Waals surface area (Å²) in [4.78, 5) is 26.0. The van der Waals surface area contributed by atoms with Gasteiger partial charge in [0.25, 0.3) is 0 Å². The molecule has 94 valence electrons. The second-order valence-electron chi connectivity index (χ2n) is 4.29. The number of rotatable bonds is 6. The zero-order valence-corrected chi connectivity index (χ0v) is 10.8. The summed E-state index contributed by atoms with van der Waals surface area (Å²) in [5.41, 5.74) is -1.01. The van der Waals surface area contributed by atoms with Crippen LogP contribution in [0.4, 0.5) is 0 Å². The molecular formula is C11H22N2O3. The van der Waals surface area contributed by atoms with E-state index in [1.54, 1.807) is 30.7 Å². The van der Waals surface area contributed by atoms with E-state index in [1.807, 2.05) is 13.8 Å². The molecule has 5 nitrogen and oxygen atoms in total. The molecule has 0 saturated carbocycles. The van der Waals surface area contributed by atoms with Gasteiger partial charge in [-0.05, 0) is 27.3 Å². The maximum atomic E-state index is 11.7. The van der Waals surface area contributed by atoms with Crippen LogP contribution in [0.15, 0.2) is 0 Å². The van der Waals surface area contributed by atoms with Gasteiger partial charge in [-0.25, -0.2) is 0 Å². The number of carboxylic acid groups (broad SMARTS) is 1. The van der Waals surface area contributed by atoms with Crippen molar-refractivity contribution in [2.45, 2.75) is 33.2 Å². The third-order valence-electron chi connectivity index (χ3n) is 2.92. The van der Waals surface area contributed by atoms with Gasteiger partial charge in [0.2, 0.25) is 5.91 Å². The average Bonchev–Trinajstić information content (AvgIpc) is 2.23. The Balaban J connectivity index is 4.65. The Labute approximate surface area is 97.0 Å². The van der Waals surface area contributed by atoms with E-state index in [1.165, 1.54) is 0 Å². The Morgan fingerprint density at radius 2 is 1.69 bits per heavy atom. The third kappa shape index (κ3) is 3.48. The largest absolute Gasteiger partial charge is 0.480 e. The van der Waals surface area contributed by atoms with Gasteiger partial charge in [0.15, 0.2) is 0 Å². The molecule has 0 aromatic carbocycles. The fraction of sp³-hybridized carbons (Fsp3) is 0.818. The lowest BCUT2D eigenvalue weighted by Crippen LogP contribution is -2.53. The predicted molar refractivity (Wildman–Crippen MR) is 62.3 cm³/mol. The molecule has 0 radical (unpaired) electrons. The summed E-state index contributed by atoms with van der Waals surface area (Å²) < 4.78 is 0. The highest BCUT2D eigenvalue weighted by atomic mass is 16.4. The molecule has 0 atom stereocenters. The van der Waals surface area contributed by atoms with Gasteiger partial charge in [-0.3, -0.25) is 14.5 Å². The number of likely N-dealkylation sites (N-methyl/N-ethyl adjacent to an activating group) is 2. The quantitative estimate of drug-likeness (QED) is 0.728. The highest BCUT2D eigenvalue weighted by Crippen LogP contribution is 2.14. The first-order chi connectivity index (χ1) is 7.27. The molecule has 0 aliphatic carbocycles. The number of aliphatic carboxylic acids is 1. The van der Waals surface area contributed by atoms with E-state index in [4.69, 9.17) is 5.11 Å². The van der Waals surface area contributed by atoms with Crippen LogP contribution in [-0.4, -0.2) is 59.0 Å². The lowest BCUT2D eigenvalue weighted by molar-refractivity contribution is -0.150. The van der Waals surface area contributed by atoms with Crippen LogP contribution in [0, 0.1) is 0 Å². The zero-order chi connectivity index (χ0) is 12.9. The van der Waals surface area contributed by atoms with Gasteiger partial charge < -0.3 is 10.0 Å². The number of hydrogen-bond donors (Lipinski definition) is 1. The number of carbonyl (C=O) groups excluding carboxylic acids is 1. The van der Waals surface area contributed by atoms with Crippen molar-refractivity contribution >= 4 is 11.9 Å². The van der Waals surface area contributed by atoms with Gasteiger partial charge in [-0.2, -0.15) is 0 Å². The van der Waals surface area contributed by atoms with Crippen LogP contribution in [0.3, 0.4) is 0 Å². The molecule has 0 saturated heterocycles. The van der Waals surface area contributed by atoms with Crippen LogP contribution < -0.4 is 0 Å². The molecule has 0 heterocycles.